The first-order chi connectivity index (χ1) is 9.49. The average molecular weight is 279 g/mol. The maximum absolute atomic E-state index is 12.6. The highest BCUT2D eigenvalue weighted by Gasteiger charge is 2.35. The lowest BCUT2D eigenvalue weighted by Crippen LogP contribution is -2.44. The molecule has 0 bridgehead atoms. The highest BCUT2D eigenvalue weighted by atomic mass is 16.5. The van der Waals surface area contributed by atoms with E-state index in [0.717, 1.165) is 25.0 Å². The maximum atomic E-state index is 12.6. The number of rotatable bonds is 4. The molecule has 0 aliphatic carbocycles. The van der Waals surface area contributed by atoms with Crippen molar-refractivity contribution in [2.24, 2.45) is 18.9 Å². The summed E-state index contributed by atoms with van der Waals surface area (Å²) < 4.78 is 7.57. The van der Waals surface area contributed by atoms with Crippen LogP contribution in [0.3, 0.4) is 0 Å². The normalized spacial score (nSPS) is 23.1. The zero-order chi connectivity index (χ0) is 14.7. The van der Waals surface area contributed by atoms with Crippen LogP contribution in [0, 0.1) is 11.8 Å². The van der Waals surface area contributed by atoms with Gasteiger partial charge in [0, 0.05) is 39.0 Å². The van der Waals surface area contributed by atoms with Gasteiger partial charge in [-0.25, -0.2) is 0 Å². The first kappa shape index (κ1) is 15.0. The minimum absolute atomic E-state index is 0.00887. The number of aryl methyl sites for hydroxylation is 1. The van der Waals surface area contributed by atoms with E-state index in [9.17, 15) is 4.79 Å². The van der Waals surface area contributed by atoms with Crippen LogP contribution in [-0.4, -0.2) is 40.3 Å². The van der Waals surface area contributed by atoms with Gasteiger partial charge in [0.2, 0.25) is 5.91 Å². The summed E-state index contributed by atoms with van der Waals surface area (Å²) in [6.07, 6.45) is 5.70. The number of ether oxygens (including phenoxy) is 1. The summed E-state index contributed by atoms with van der Waals surface area (Å²) in [5.74, 6) is 0.550. The number of carbonyl (C=O) groups is 1. The van der Waals surface area contributed by atoms with Crippen LogP contribution in [0.1, 0.15) is 32.3 Å². The molecule has 1 aliphatic heterocycles. The molecule has 20 heavy (non-hydrogen) atoms. The van der Waals surface area contributed by atoms with E-state index in [1.807, 2.05) is 20.3 Å². The molecule has 1 aromatic rings. The van der Waals surface area contributed by atoms with E-state index in [4.69, 9.17) is 4.74 Å². The first-order valence-corrected chi connectivity index (χ1v) is 7.33. The molecule has 0 aromatic carbocycles. The van der Waals surface area contributed by atoms with Crippen LogP contribution < -0.4 is 0 Å². The number of nitrogens with zero attached hydrogens (tertiary/aromatic N) is 3. The monoisotopic (exact) mass is 279 g/mol. The molecule has 0 saturated carbocycles. The molecule has 2 heterocycles. The van der Waals surface area contributed by atoms with Crippen molar-refractivity contribution in [1.82, 2.24) is 14.7 Å². The largest absolute Gasteiger partial charge is 0.377 e. The standard InChI is InChI=1S/C15H25N3O2/c1-11(2)14-13(6-5-7-20-14)15(19)17(3)9-12-8-16-18(4)10-12/h8,10-11,13-14H,5-7,9H2,1-4H3/t13-,14+/m0/s1. The highest BCUT2D eigenvalue weighted by Crippen LogP contribution is 2.28. The Morgan fingerprint density at radius 3 is 2.95 bits per heavy atom. The fraction of sp³-hybridized carbons (Fsp3) is 0.733. The van der Waals surface area contributed by atoms with Gasteiger partial charge in [0.05, 0.1) is 18.2 Å². The molecule has 1 saturated heterocycles. The van der Waals surface area contributed by atoms with E-state index in [0.29, 0.717) is 12.5 Å². The topological polar surface area (TPSA) is 47.4 Å². The van der Waals surface area contributed by atoms with Gasteiger partial charge in [0.25, 0.3) is 0 Å². The minimum Gasteiger partial charge on any atom is -0.377 e. The number of aromatic nitrogens is 2. The third-order valence-corrected chi connectivity index (χ3v) is 3.89. The zero-order valence-corrected chi connectivity index (χ0v) is 12.9. The van der Waals surface area contributed by atoms with Gasteiger partial charge in [-0.2, -0.15) is 5.10 Å². The fourth-order valence-corrected chi connectivity index (χ4v) is 2.91. The van der Waals surface area contributed by atoms with Gasteiger partial charge >= 0.3 is 0 Å². The van der Waals surface area contributed by atoms with Crippen LogP contribution in [-0.2, 0) is 23.1 Å². The van der Waals surface area contributed by atoms with Gasteiger partial charge in [-0.15, -0.1) is 0 Å². The van der Waals surface area contributed by atoms with Crippen LogP contribution in [0.15, 0.2) is 12.4 Å². The third kappa shape index (κ3) is 3.39. The molecule has 1 aliphatic rings. The van der Waals surface area contributed by atoms with Crippen molar-refractivity contribution in [2.75, 3.05) is 13.7 Å². The van der Waals surface area contributed by atoms with Gasteiger partial charge in [-0.05, 0) is 18.8 Å². The van der Waals surface area contributed by atoms with Crippen molar-refractivity contribution >= 4 is 5.91 Å². The highest BCUT2D eigenvalue weighted by molar-refractivity contribution is 5.79. The van der Waals surface area contributed by atoms with E-state index in [1.165, 1.54) is 0 Å². The molecule has 0 unspecified atom stereocenters. The van der Waals surface area contributed by atoms with Gasteiger partial charge in [0.15, 0.2) is 0 Å². The van der Waals surface area contributed by atoms with Crippen LogP contribution in [0.2, 0.25) is 0 Å². The summed E-state index contributed by atoms with van der Waals surface area (Å²) >= 11 is 0. The maximum Gasteiger partial charge on any atom is 0.228 e. The third-order valence-electron chi connectivity index (χ3n) is 3.89. The molecule has 112 valence electrons. The number of amides is 1. The lowest BCUT2D eigenvalue weighted by molar-refractivity contribution is -0.147. The van der Waals surface area contributed by atoms with Gasteiger partial charge in [0.1, 0.15) is 0 Å². The average Bonchev–Trinajstić information content (AvgIpc) is 2.83. The lowest BCUT2D eigenvalue weighted by Gasteiger charge is -2.35. The zero-order valence-electron chi connectivity index (χ0n) is 12.9. The Morgan fingerprint density at radius 2 is 2.35 bits per heavy atom. The van der Waals surface area contributed by atoms with Crippen molar-refractivity contribution < 1.29 is 9.53 Å². The van der Waals surface area contributed by atoms with Crippen molar-refractivity contribution in [1.29, 1.82) is 0 Å². The Bertz CT molecular complexity index is 456. The first-order valence-electron chi connectivity index (χ1n) is 7.33. The molecule has 0 N–H and O–H groups in total. The van der Waals surface area contributed by atoms with Gasteiger partial charge in [-0.1, -0.05) is 13.8 Å². The Kier molecular flexibility index (Phi) is 4.81. The van der Waals surface area contributed by atoms with E-state index in [-0.39, 0.29) is 17.9 Å². The van der Waals surface area contributed by atoms with Gasteiger partial charge in [-0.3, -0.25) is 9.48 Å². The molecular weight excluding hydrogens is 254 g/mol. The molecule has 1 fully saturated rings. The molecule has 1 aromatic heterocycles. The van der Waals surface area contributed by atoms with E-state index < -0.39 is 0 Å². The van der Waals surface area contributed by atoms with Crippen molar-refractivity contribution in [3.05, 3.63) is 18.0 Å². The quantitative estimate of drug-likeness (QED) is 0.845. The van der Waals surface area contributed by atoms with Crippen LogP contribution in [0.5, 0.6) is 0 Å². The molecule has 5 nitrogen and oxygen atoms in total. The molecular formula is C15H25N3O2. The molecule has 5 heteroatoms. The smallest absolute Gasteiger partial charge is 0.228 e. The van der Waals surface area contributed by atoms with Crippen molar-refractivity contribution in [2.45, 2.75) is 39.3 Å². The van der Waals surface area contributed by atoms with Crippen molar-refractivity contribution in [3.8, 4) is 0 Å². The van der Waals surface area contributed by atoms with Crippen LogP contribution in [0.4, 0.5) is 0 Å². The molecule has 2 atom stereocenters. The second-order valence-electron chi connectivity index (χ2n) is 6.04. The predicted molar refractivity (Wildman–Crippen MR) is 77.0 cm³/mol. The fourth-order valence-electron chi connectivity index (χ4n) is 2.91. The number of hydrogen-bond acceptors (Lipinski definition) is 3. The van der Waals surface area contributed by atoms with E-state index in [2.05, 4.69) is 18.9 Å². The summed E-state index contributed by atoms with van der Waals surface area (Å²) in [6.45, 7) is 5.63. The van der Waals surface area contributed by atoms with E-state index >= 15 is 0 Å². The Hall–Kier alpha value is -1.36. The molecule has 0 radical (unpaired) electrons. The second kappa shape index (κ2) is 6.39. The van der Waals surface area contributed by atoms with E-state index in [1.54, 1.807) is 15.8 Å². The molecule has 2 rings (SSSR count). The summed E-state index contributed by atoms with van der Waals surface area (Å²) in [5.41, 5.74) is 1.06. The second-order valence-corrected chi connectivity index (χ2v) is 6.04. The SMILES string of the molecule is CC(C)[C@H]1OCCC[C@@H]1C(=O)N(C)Cc1cnn(C)c1. The molecule has 1 amide bonds. The number of carbonyl (C=O) groups excluding carboxylic acids is 1. The summed E-state index contributed by atoms with van der Waals surface area (Å²) in [4.78, 5) is 14.4. The lowest BCUT2D eigenvalue weighted by atomic mass is 9.86. The van der Waals surface area contributed by atoms with Crippen LogP contribution in [0.25, 0.3) is 0 Å². The Labute approximate surface area is 120 Å². The van der Waals surface area contributed by atoms with Crippen molar-refractivity contribution in [3.63, 3.8) is 0 Å². The Balaban J connectivity index is 2.01. The summed E-state index contributed by atoms with van der Waals surface area (Å²) in [7, 11) is 3.75. The predicted octanol–water partition coefficient (Wildman–Crippen LogP) is 1.83. The van der Waals surface area contributed by atoms with Crippen LogP contribution >= 0.6 is 0 Å². The minimum atomic E-state index is -0.00887. The summed E-state index contributed by atoms with van der Waals surface area (Å²) in [5, 5.41) is 4.14. The van der Waals surface area contributed by atoms with Gasteiger partial charge < -0.3 is 9.64 Å². The molecule has 0 spiro atoms. The Morgan fingerprint density at radius 1 is 1.60 bits per heavy atom. The summed E-state index contributed by atoms with van der Waals surface area (Å²) in [6, 6.07) is 0. The number of hydrogen-bond donors (Lipinski definition) is 0.